The first-order chi connectivity index (χ1) is 16.8. The molecule has 1 heterocycles. The third-order valence-corrected chi connectivity index (χ3v) is 6.67. The first-order valence-corrected chi connectivity index (χ1v) is 11.5. The summed E-state index contributed by atoms with van der Waals surface area (Å²) in [6, 6.07) is 40.6. The van der Waals surface area contributed by atoms with Crippen LogP contribution < -0.4 is 0 Å². The summed E-state index contributed by atoms with van der Waals surface area (Å²) in [7, 11) is 0. The highest BCUT2D eigenvalue weighted by Crippen LogP contribution is 2.34. The lowest BCUT2D eigenvalue weighted by molar-refractivity contribution is 1.31. The molecule has 7 aromatic rings. The summed E-state index contributed by atoms with van der Waals surface area (Å²) < 4.78 is 0. The van der Waals surface area contributed by atoms with Gasteiger partial charge in [-0.25, -0.2) is 4.98 Å². The van der Waals surface area contributed by atoms with Crippen molar-refractivity contribution < 1.29 is 0 Å². The Kier molecular flexibility index (Phi) is 4.18. The monoisotopic (exact) mass is 432 g/mol. The topological polar surface area (TPSA) is 25.8 Å². The highest BCUT2D eigenvalue weighted by Gasteiger charge is 2.12. The van der Waals surface area contributed by atoms with Gasteiger partial charge in [-0.3, -0.25) is 4.98 Å². The van der Waals surface area contributed by atoms with Gasteiger partial charge in [0.25, 0.3) is 0 Å². The van der Waals surface area contributed by atoms with Gasteiger partial charge in [-0.1, -0.05) is 103 Å². The van der Waals surface area contributed by atoms with Crippen molar-refractivity contribution in [2.24, 2.45) is 0 Å². The van der Waals surface area contributed by atoms with E-state index in [0.717, 1.165) is 33.1 Å². The van der Waals surface area contributed by atoms with Crippen LogP contribution in [0, 0.1) is 0 Å². The van der Waals surface area contributed by atoms with Gasteiger partial charge in [-0.05, 0) is 44.8 Å². The Balaban J connectivity index is 1.42. The molecular formula is C32H20N2. The van der Waals surface area contributed by atoms with Gasteiger partial charge in [0, 0.05) is 16.3 Å². The van der Waals surface area contributed by atoms with Gasteiger partial charge in [0.15, 0.2) is 0 Å². The largest absolute Gasteiger partial charge is 0.252 e. The lowest BCUT2D eigenvalue weighted by Gasteiger charge is -2.11. The van der Waals surface area contributed by atoms with Crippen LogP contribution in [0.4, 0.5) is 0 Å². The fourth-order valence-corrected chi connectivity index (χ4v) is 4.99. The van der Waals surface area contributed by atoms with Gasteiger partial charge in [0.1, 0.15) is 0 Å². The normalized spacial score (nSPS) is 11.5. The number of aromatic nitrogens is 2. The molecule has 0 radical (unpaired) electrons. The summed E-state index contributed by atoms with van der Waals surface area (Å²) in [6.07, 6.45) is 1.91. The standard InChI is InChI=1S/C32H20N2/c1-2-9-22-18-24(17-16-21(22)8-1)23-10-7-11-25(19-23)30-20-33-31-28-14-5-3-12-26(28)27-13-4-6-15-29(27)32(31)34-30/h1-20H. The molecule has 0 amide bonds. The minimum Gasteiger partial charge on any atom is -0.252 e. The average molecular weight is 433 g/mol. The predicted octanol–water partition coefficient (Wildman–Crippen LogP) is 8.42. The van der Waals surface area contributed by atoms with Crippen molar-refractivity contribution in [2.75, 3.05) is 0 Å². The highest BCUT2D eigenvalue weighted by atomic mass is 14.8. The predicted molar refractivity (Wildman–Crippen MR) is 143 cm³/mol. The van der Waals surface area contributed by atoms with Gasteiger partial charge < -0.3 is 0 Å². The van der Waals surface area contributed by atoms with E-state index in [1.165, 1.54) is 32.7 Å². The Bertz CT molecular complexity index is 1830. The molecule has 0 aliphatic heterocycles. The number of rotatable bonds is 2. The molecule has 2 heteroatoms. The van der Waals surface area contributed by atoms with Gasteiger partial charge in [-0.2, -0.15) is 0 Å². The molecule has 0 N–H and O–H groups in total. The van der Waals surface area contributed by atoms with Crippen LogP contribution in [0.1, 0.15) is 0 Å². The van der Waals surface area contributed by atoms with Crippen molar-refractivity contribution >= 4 is 43.4 Å². The van der Waals surface area contributed by atoms with E-state index in [2.05, 4.69) is 115 Å². The molecule has 0 unspecified atom stereocenters. The number of benzene rings is 6. The van der Waals surface area contributed by atoms with Gasteiger partial charge in [0.05, 0.1) is 22.9 Å². The smallest absolute Gasteiger partial charge is 0.0979 e. The summed E-state index contributed by atoms with van der Waals surface area (Å²) in [5.41, 5.74) is 6.22. The SMILES string of the molecule is c1cc(-c2ccc3ccccc3c2)cc(-c2cnc3c4ccccc4c4ccccc4c3n2)c1. The summed E-state index contributed by atoms with van der Waals surface area (Å²) in [4.78, 5) is 10.1. The summed E-state index contributed by atoms with van der Waals surface area (Å²) in [6.45, 7) is 0. The van der Waals surface area contributed by atoms with Gasteiger partial charge in [0.2, 0.25) is 0 Å². The molecule has 2 nitrogen and oxygen atoms in total. The maximum atomic E-state index is 5.15. The van der Waals surface area contributed by atoms with E-state index in [9.17, 15) is 0 Å². The second kappa shape index (κ2) is 7.50. The fourth-order valence-electron chi connectivity index (χ4n) is 4.99. The van der Waals surface area contributed by atoms with Gasteiger partial charge >= 0.3 is 0 Å². The lowest BCUT2D eigenvalue weighted by Crippen LogP contribution is -1.92. The van der Waals surface area contributed by atoms with Crippen molar-refractivity contribution in [3.63, 3.8) is 0 Å². The molecule has 158 valence electrons. The van der Waals surface area contributed by atoms with Crippen molar-refractivity contribution in [1.82, 2.24) is 9.97 Å². The van der Waals surface area contributed by atoms with Crippen LogP contribution in [0.5, 0.6) is 0 Å². The maximum absolute atomic E-state index is 5.15. The molecule has 0 bridgehead atoms. The molecule has 0 aliphatic carbocycles. The first-order valence-electron chi connectivity index (χ1n) is 11.5. The van der Waals surface area contributed by atoms with Crippen LogP contribution in [0.3, 0.4) is 0 Å². The molecule has 0 saturated heterocycles. The number of nitrogens with zero attached hydrogens (tertiary/aromatic N) is 2. The van der Waals surface area contributed by atoms with E-state index < -0.39 is 0 Å². The fraction of sp³-hybridized carbons (Fsp3) is 0. The van der Waals surface area contributed by atoms with E-state index in [-0.39, 0.29) is 0 Å². The first kappa shape index (κ1) is 19.0. The van der Waals surface area contributed by atoms with Crippen LogP contribution in [0.25, 0.3) is 65.7 Å². The van der Waals surface area contributed by atoms with Crippen LogP contribution in [-0.4, -0.2) is 9.97 Å². The average Bonchev–Trinajstić information content (AvgIpc) is 2.93. The van der Waals surface area contributed by atoms with E-state index in [4.69, 9.17) is 9.97 Å². The minimum atomic E-state index is 0.885. The third-order valence-electron chi connectivity index (χ3n) is 6.67. The Hall–Kier alpha value is -4.56. The molecule has 34 heavy (non-hydrogen) atoms. The van der Waals surface area contributed by atoms with Crippen LogP contribution in [-0.2, 0) is 0 Å². The van der Waals surface area contributed by atoms with Crippen molar-refractivity contribution in [3.05, 3.63) is 121 Å². The van der Waals surface area contributed by atoms with Gasteiger partial charge in [-0.15, -0.1) is 0 Å². The number of hydrogen-bond acceptors (Lipinski definition) is 2. The Morgan fingerprint density at radius 2 is 1.03 bits per heavy atom. The number of hydrogen-bond donors (Lipinski definition) is 0. The molecule has 0 spiro atoms. The third kappa shape index (κ3) is 2.96. The molecule has 0 aliphatic rings. The second-order valence-corrected chi connectivity index (χ2v) is 8.69. The zero-order valence-electron chi connectivity index (χ0n) is 18.4. The van der Waals surface area contributed by atoms with E-state index in [1.54, 1.807) is 0 Å². The van der Waals surface area contributed by atoms with Crippen molar-refractivity contribution in [3.8, 4) is 22.4 Å². The zero-order valence-corrected chi connectivity index (χ0v) is 18.4. The van der Waals surface area contributed by atoms with E-state index >= 15 is 0 Å². The molecule has 0 atom stereocenters. The lowest BCUT2D eigenvalue weighted by atomic mass is 9.98. The van der Waals surface area contributed by atoms with E-state index in [0.29, 0.717) is 0 Å². The number of fused-ring (bicyclic) bond motifs is 7. The molecular weight excluding hydrogens is 412 g/mol. The summed E-state index contributed by atoms with van der Waals surface area (Å²) >= 11 is 0. The minimum absolute atomic E-state index is 0.885. The quantitative estimate of drug-likeness (QED) is 0.256. The molecule has 0 fully saturated rings. The van der Waals surface area contributed by atoms with E-state index in [1.807, 2.05) is 6.20 Å². The highest BCUT2D eigenvalue weighted by molar-refractivity contribution is 6.23. The van der Waals surface area contributed by atoms with Crippen molar-refractivity contribution in [2.45, 2.75) is 0 Å². The second-order valence-electron chi connectivity index (χ2n) is 8.69. The zero-order chi connectivity index (χ0) is 22.5. The summed E-state index contributed by atoms with van der Waals surface area (Å²) in [5.74, 6) is 0. The Morgan fingerprint density at radius 3 is 1.82 bits per heavy atom. The van der Waals surface area contributed by atoms with Crippen molar-refractivity contribution in [1.29, 1.82) is 0 Å². The molecule has 0 saturated carbocycles. The van der Waals surface area contributed by atoms with Crippen LogP contribution >= 0.6 is 0 Å². The maximum Gasteiger partial charge on any atom is 0.0979 e. The molecule has 6 aromatic carbocycles. The van der Waals surface area contributed by atoms with Crippen LogP contribution in [0.2, 0.25) is 0 Å². The Labute approximate surface area is 197 Å². The van der Waals surface area contributed by atoms with Crippen LogP contribution in [0.15, 0.2) is 121 Å². The summed E-state index contributed by atoms with van der Waals surface area (Å²) in [5, 5.41) is 7.19. The molecule has 7 rings (SSSR count). The Morgan fingerprint density at radius 1 is 0.412 bits per heavy atom. The molecule has 1 aromatic heterocycles.